The maximum Gasteiger partial charge on any atom is 0.295 e. The van der Waals surface area contributed by atoms with Crippen molar-refractivity contribution < 1.29 is 14.5 Å². The minimum absolute atomic E-state index is 0.0697. The molecule has 1 fully saturated rings. The van der Waals surface area contributed by atoms with Crippen molar-refractivity contribution in [1.29, 1.82) is 0 Å². The number of amides is 1. The third-order valence-corrected chi connectivity index (χ3v) is 3.89. The zero-order valence-electron chi connectivity index (χ0n) is 12.9. The highest BCUT2D eigenvalue weighted by atomic mass is 16.6. The van der Waals surface area contributed by atoms with E-state index >= 15 is 0 Å². The Kier molecular flexibility index (Phi) is 5.32. The number of carbonyl (C=O) groups excluding carboxylic acids is 1. The summed E-state index contributed by atoms with van der Waals surface area (Å²) in [7, 11) is 1.57. The fourth-order valence-corrected chi connectivity index (χ4v) is 2.68. The number of rotatable bonds is 5. The van der Waals surface area contributed by atoms with Crippen LogP contribution in [0.25, 0.3) is 0 Å². The Bertz CT molecular complexity index is 554. The molecule has 0 spiro atoms. The third kappa shape index (κ3) is 3.54. The molecular weight excluding hydrogens is 286 g/mol. The summed E-state index contributed by atoms with van der Waals surface area (Å²) in [5, 5.41) is 11.3. The van der Waals surface area contributed by atoms with Crippen LogP contribution < -0.4 is 4.90 Å². The summed E-state index contributed by atoms with van der Waals surface area (Å²) >= 11 is 0. The molecule has 0 radical (unpaired) electrons. The first-order valence-electron chi connectivity index (χ1n) is 7.30. The van der Waals surface area contributed by atoms with Crippen molar-refractivity contribution in [3.8, 4) is 0 Å². The quantitative estimate of drug-likeness (QED) is 0.610. The first-order valence-corrected chi connectivity index (χ1v) is 7.30. The minimum Gasteiger partial charge on any atom is -0.384 e. The number of hydrogen-bond donors (Lipinski definition) is 0. The van der Waals surface area contributed by atoms with Crippen molar-refractivity contribution in [1.82, 2.24) is 4.90 Å². The second-order valence-corrected chi connectivity index (χ2v) is 5.31. The van der Waals surface area contributed by atoms with Gasteiger partial charge in [-0.1, -0.05) is 12.1 Å². The van der Waals surface area contributed by atoms with Crippen LogP contribution in [0.15, 0.2) is 18.2 Å². The monoisotopic (exact) mass is 307 g/mol. The zero-order chi connectivity index (χ0) is 16.1. The summed E-state index contributed by atoms with van der Waals surface area (Å²) in [6.45, 7) is 4.52. The fraction of sp³-hybridized carbons (Fsp3) is 0.533. The lowest BCUT2D eigenvalue weighted by Gasteiger charge is -2.36. The number of nitro benzene ring substituents is 1. The number of nitro groups is 1. The van der Waals surface area contributed by atoms with Gasteiger partial charge < -0.3 is 14.5 Å². The van der Waals surface area contributed by atoms with Gasteiger partial charge in [-0.2, -0.15) is 0 Å². The molecule has 0 bridgehead atoms. The van der Waals surface area contributed by atoms with E-state index in [1.807, 2.05) is 11.0 Å². The highest BCUT2D eigenvalue weighted by Crippen LogP contribution is 2.31. The van der Waals surface area contributed by atoms with E-state index in [2.05, 4.69) is 0 Å². The lowest BCUT2D eigenvalue weighted by Crippen LogP contribution is -2.49. The number of para-hydroxylation sites is 1. The molecule has 1 aliphatic heterocycles. The van der Waals surface area contributed by atoms with Crippen LogP contribution in [0.2, 0.25) is 0 Å². The van der Waals surface area contributed by atoms with E-state index < -0.39 is 0 Å². The molecule has 7 heteroatoms. The van der Waals surface area contributed by atoms with Gasteiger partial charge >= 0.3 is 0 Å². The Labute approximate surface area is 129 Å². The second kappa shape index (κ2) is 7.22. The topological polar surface area (TPSA) is 75.9 Å². The second-order valence-electron chi connectivity index (χ2n) is 5.31. The molecule has 0 saturated carbocycles. The predicted octanol–water partition coefficient (Wildman–Crippen LogP) is 1.59. The zero-order valence-corrected chi connectivity index (χ0v) is 12.9. The number of nitrogens with zero attached hydrogens (tertiary/aromatic N) is 3. The Morgan fingerprint density at radius 2 is 2.00 bits per heavy atom. The smallest absolute Gasteiger partial charge is 0.295 e. The maximum absolute atomic E-state index is 11.9. The number of anilines is 1. The molecule has 120 valence electrons. The average molecular weight is 307 g/mol. The average Bonchev–Trinajstić information content (AvgIpc) is 2.52. The first kappa shape index (κ1) is 16.2. The highest BCUT2D eigenvalue weighted by molar-refractivity contribution is 5.77. The Balaban J connectivity index is 2.05. The highest BCUT2D eigenvalue weighted by Gasteiger charge is 2.26. The standard InChI is InChI=1S/C15H21N3O4/c1-12-4-3-5-13(15(12)18(20)21)16-7-9-17(10-8-16)14(19)6-11-22-2/h3-5H,6-11H2,1-2H3. The molecule has 1 aliphatic rings. The van der Waals surface area contributed by atoms with Crippen molar-refractivity contribution in [2.75, 3.05) is 44.8 Å². The lowest BCUT2D eigenvalue weighted by molar-refractivity contribution is -0.384. The van der Waals surface area contributed by atoms with Crippen molar-refractivity contribution in [2.45, 2.75) is 13.3 Å². The summed E-state index contributed by atoms with van der Waals surface area (Å²) in [6.07, 6.45) is 0.376. The number of benzene rings is 1. The van der Waals surface area contributed by atoms with Crippen LogP contribution in [0.3, 0.4) is 0 Å². The number of methoxy groups -OCH3 is 1. The molecule has 1 heterocycles. The summed E-state index contributed by atoms with van der Waals surface area (Å²) in [6, 6.07) is 5.34. The van der Waals surface area contributed by atoms with Crippen LogP contribution in [-0.2, 0) is 9.53 Å². The van der Waals surface area contributed by atoms with Gasteiger partial charge in [0.05, 0.1) is 18.0 Å². The molecule has 1 aromatic rings. The SMILES string of the molecule is COCCC(=O)N1CCN(c2cccc(C)c2[N+](=O)[O-])CC1. The molecule has 0 atom stereocenters. The van der Waals surface area contributed by atoms with Gasteiger partial charge in [-0.05, 0) is 13.0 Å². The van der Waals surface area contributed by atoms with Gasteiger partial charge in [-0.3, -0.25) is 14.9 Å². The van der Waals surface area contributed by atoms with E-state index in [1.165, 1.54) is 0 Å². The third-order valence-electron chi connectivity index (χ3n) is 3.89. The van der Waals surface area contributed by atoms with Crippen LogP contribution in [0, 0.1) is 17.0 Å². The molecule has 1 amide bonds. The molecule has 1 saturated heterocycles. The van der Waals surface area contributed by atoms with E-state index in [-0.39, 0.29) is 16.5 Å². The predicted molar refractivity (Wildman–Crippen MR) is 83.1 cm³/mol. The Hall–Kier alpha value is -2.15. The number of aryl methyl sites for hydroxylation is 1. The van der Waals surface area contributed by atoms with Crippen LogP contribution in [0.5, 0.6) is 0 Å². The molecule has 0 N–H and O–H groups in total. The number of carbonyl (C=O) groups is 1. The van der Waals surface area contributed by atoms with Gasteiger partial charge in [-0.25, -0.2) is 0 Å². The molecule has 0 aromatic heterocycles. The molecule has 2 rings (SSSR count). The van der Waals surface area contributed by atoms with Gasteiger partial charge in [0.25, 0.3) is 5.69 Å². The lowest BCUT2D eigenvalue weighted by atomic mass is 10.1. The van der Waals surface area contributed by atoms with Crippen molar-refractivity contribution in [3.63, 3.8) is 0 Å². The largest absolute Gasteiger partial charge is 0.384 e. The molecule has 7 nitrogen and oxygen atoms in total. The van der Waals surface area contributed by atoms with Crippen LogP contribution in [-0.4, -0.2) is 55.6 Å². The first-order chi connectivity index (χ1) is 10.5. The van der Waals surface area contributed by atoms with Crippen molar-refractivity contribution in [2.24, 2.45) is 0 Å². The van der Waals surface area contributed by atoms with E-state index in [4.69, 9.17) is 4.74 Å². The molecular formula is C15H21N3O4. The molecule has 0 aliphatic carbocycles. The van der Waals surface area contributed by atoms with Gasteiger partial charge in [-0.15, -0.1) is 0 Å². The van der Waals surface area contributed by atoms with Crippen LogP contribution in [0.4, 0.5) is 11.4 Å². The Morgan fingerprint density at radius 3 is 2.59 bits per heavy atom. The summed E-state index contributed by atoms with van der Waals surface area (Å²) in [4.78, 5) is 26.7. The summed E-state index contributed by atoms with van der Waals surface area (Å²) < 4.78 is 4.92. The normalized spacial score (nSPS) is 15.0. The van der Waals surface area contributed by atoms with E-state index in [0.717, 1.165) is 0 Å². The Morgan fingerprint density at radius 1 is 1.32 bits per heavy atom. The number of hydrogen-bond acceptors (Lipinski definition) is 5. The van der Waals surface area contributed by atoms with Gasteiger partial charge in [0.2, 0.25) is 5.91 Å². The summed E-state index contributed by atoms with van der Waals surface area (Å²) in [5.74, 6) is 0.0697. The van der Waals surface area contributed by atoms with E-state index in [1.54, 1.807) is 31.1 Å². The van der Waals surface area contributed by atoms with Gasteiger partial charge in [0.1, 0.15) is 5.69 Å². The molecule has 22 heavy (non-hydrogen) atoms. The number of piperazine rings is 1. The van der Waals surface area contributed by atoms with Gasteiger partial charge in [0, 0.05) is 38.9 Å². The van der Waals surface area contributed by atoms with Gasteiger partial charge in [0.15, 0.2) is 0 Å². The van der Waals surface area contributed by atoms with E-state index in [0.29, 0.717) is 50.5 Å². The number of ether oxygens (including phenoxy) is 1. The van der Waals surface area contributed by atoms with Crippen molar-refractivity contribution in [3.05, 3.63) is 33.9 Å². The van der Waals surface area contributed by atoms with Crippen molar-refractivity contribution >= 4 is 17.3 Å². The van der Waals surface area contributed by atoms with E-state index in [9.17, 15) is 14.9 Å². The fourth-order valence-electron chi connectivity index (χ4n) is 2.68. The van der Waals surface area contributed by atoms with Crippen LogP contribution >= 0.6 is 0 Å². The summed E-state index contributed by atoms with van der Waals surface area (Å²) in [5.41, 5.74) is 1.44. The molecule has 1 aromatic carbocycles. The van der Waals surface area contributed by atoms with Crippen LogP contribution in [0.1, 0.15) is 12.0 Å². The minimum atomic E-state index is -0.333. The maximum atomic E-state index is 11.9. The molecule has 0 unspecified atom stereocenters.